The van der Waals surface area contributed by atoms with Crippen LogP contribution in [0, 0.1) is 17.6 Å². The average Bonchev–Trinajstić information content (AvgIpc) is 3.58. The Morgan fingerprint density at radius 1 is 1.19 bits per heavy atom. The number of halogens is 2. The van der Waals surface area contributed by atoms with E-state index in [0.29, 0.717) is 18.7 Å². The Morgan fingerprint density at radius 3 is 2.65 bits per heavy atom. The Morgan fingerprint density at radius 2 is 1.95 bits per heavy atom. The molecule has 2 heterocycles. The summed E-state index contributed by atoms with van der Waals surface area (Å²) >= 11 is 0. The zero-order valence-corrected chi connectivity index (χ0v) is 25.7. The molecule has 0 spiro atoms. The molecule has 5 rings (SSSR count). The predicted octanol–water partition coefficient (Wildman–Crippen LogP) is 4.20. The Balaban J connectivity index is 1.26. The monoisotopic (exact) mass is 597 g/mol. The number of hydrazone groups is 1. The van der Waals surface area contributed by atoms with Gasteiger partial charge < -0.3 is 15.5 Å². The summed E-state index contributed by atoms with van der Waals surface area (Å²) in [6.45, 7) is 7.23. The molecule has 2 aromatic rings. The van der Waals surface area contributed by atoms with E-state index in [4.69, 9.17) is 9.94 Å². The SMILES string of the molecule is CCONC(=O)CN1CCC(N2N=CC(N(C)c3cccc(-c4cc(F)c(CNCCC5CC5)c(F)c4)c3NC)[C@H]2C)C1. The highest BCUT2D eigenvalue weighted by Gasteiger charge is 2.38. The highest BCUT2D eigenvalue weighted by Crippen LogP contribution is 2.39. The van der Waals surface area contributed by atoms with Crippen molar-refractivity contribution in [2.75, 3.05) is 57.1 Å². The molecule has 0 aromatic heterocycles. The summed E-state index contributed by atoms with van der Waals surface area (Å²) in [6, 6.07) is 8.95. The number of nitrogens with one attached hydrogen (secondary N) is 3. The fraction of sp³-hybridized carbons (Fsp3) is 0.562. The van der Waals surface area contributed by atoms with E-state index in [-0.39, 0.29) is 36.1 Å². The van der Waals surface area contributed by atoms with Crippen LogP contribution >= 0.6 is 0 Å². The van der Waals surface area contributed by atoms with Crippen LogP contribution in [0.25, 0.3) is 11.1 Å². The van der Waals surface area contributed by atoms with Crippen LogP contribution in [-0.4, -0.2) is 87.0 Å². The van der Waals surface area contributed by atoms with Gasteiger partial charge in [-0.25, -0.2) is 14.3 Å². The van der Waals surface area contributed by atoms with Crippen molar-refractivity contribution in [2.24, 2.45) is 11.0 Å². The van der Waals surface area contributed by atoms with E-state index < -0.39 is 11.6 Å². The summed E-state index contributed by atoms with van der Waals surface area (Å²) < 4.78 is 30.3. The fourth-order valence-electron chi connectivity index (χ4n) is 6.29. The van der Waals surface area contributed by atoms with E-state index in [2.05, 4.69) is 37.8 Å². The van der Waals surface area contributed by atoms with E-state index in [9.17, 15) is 4.79 Å². The second-order valence-corrected chi connectivity index (χ2v) is 11.9. The molecule has 3 aliphatic rings. The average molecular weight is 598 g/mol. The van der Waals surface area contributed by atoms with Gasteiger partial charge in [-0.1, -0.05) is 25.0 Å². The number of carbonyl (C=O) groups excluding carboxylic acids is 1. The zero-order chi connectivity index (χ0) is 30.5. The number of amides is 1. The van der Waals surface area contributed by atoms with Crippen molar-refractivity contribution in [3.8, 4) is 11.1 Å². The highest BCUT2D eigenvalue weighted by atomic mass is 19.1. The number of hydrogen-bond acceptors (Lipinski definition) is 8. The van der Waals surface area contributed by atoms with Gasteiger partial charge in [0.05, 0.1) is 42.7 Å². The van der Waals surface area contributed by atoms with Crippen molar-refractivity contribution in [1.82, 2.24) is 20.7 Å². The molecule has 1 amide bonds. The number of benzene rings is 2. The third-order valence-electron chi connectivity index (χ3n) is 8.88. The van der Waals surface area contributed by atoms with Crippen molar-refractivity contribution in [3.63, 3.8) is 0 Å². The minimum absolute atomic E-state index is 0.0183. The summed E-state index contributed by atoms with van der Waals surface area (Å²) in [6.07, 6.45) is 6.47. The molecule has 2 aromatic carbocycles. The number of nitrogens with zero attached hydrogens (tertiary/aromatic N) is 4. The number of anilines is 2. The van der Waals surface area contributed by atoms with E-state index in [0.717, 1.165) is 55.3 Å². The van der Waals surface area contributed by atoms with E-state index >= 15 is 8.78 Å². The lowest BCUT2D eigenvalue weighted by molar-refractivity contribution is -0.134. The standard InChI is InChI=1S/C32H45F2N7O2/c1-5-43-38-31(42)20-40-14-12-24(19-40)41-21(2)30(18-37-41)39(4)29-8-6-7-25(32(29)35-3)23-15-27(33)26(28(34)16-23)17-36-13-11-22-9-10-22/h6-8,15-16,18,21-22,24,30,35-36H,5,9-14,17,19-20H2,1-4H3,(H,38,42)/t21-,24?,30?/m1/s1. The van der Waals surface area contributed by atoms with Gasteiger partial charge in [-0.15, -0.1) is 0 Å². The maximum atomic E-state index is 15.2. The second-order valence-electron chi connectivity index (χ2n) is 11.9. The van der Waals surface area contributed by atoms with Crippen LogP contribution in [0.5, 0.6) is 0 Å². The molecular weight excluding hydrogens is 552 g/mol. The minimum atomic E-state index is -0.539. The van der Waals surface area contributed by atoms with E-state index in [1.807, 2.05) is 45.4 Å². The quantitative estimate of drug-likeness (QED) is 0.222. The fourth-order valence-corrected chi connectivity index (χ4v) is 6.29. The molecular formula is C32H45F2N7O2. The van der Waals surface area contributed by atoms with Gasteiger partial charge >= 0.3 is 0 Å². The molecule has 0 bridgehead atoms. The van der Waals surface area contributed by atoms with Gasteiger partial charge in [0.25, 0.3) is 5.91 Å². The molecule has 0 radical (unpaired) electrons. The van der Waals surface area contributed by atoms with Gasteiger partial charge in [-0.05, 0) is 62.9 Å². The molecule has 1 aliphatic carbocycles. The molecule has 43 heavy (non-hydrogen) atoms. The van der Waals surface area contributed by atoms with Gasteiger partial charge in [0, 0.05) is 51.1 Å². The summed E-state index contributed by atoms with van der Waals surface area (Å²) in [5.41, 5.74) is 5.47. The summed E-state index contributed by atoms with van der Waals surface area (Å²) in [7, 11) is 3.85. The molecule has 1 saturated carbocycles. The second kappa shape index (κ2) is 14.0. The van der Waals surface area contributed by atoms with Crippen LogP contribution in [0.2, 0.25) is 0 Å². The Kier molecular flexibility index (Phi) is 10.1. The van der Waals surface area contributed by atoms with Crippen molar-refractivity contribution in [1.29, 1.82) is 0 Å². The molecule has 3 N–H and O–H groups in total. The van der Waals surface area contributed by atoms with Gasteiger partial charge in [0.2, 0.25) is 0 Å². The van der Waals surface area contributed by atoms with Gasteiger partial charge in [-0.3, -0.25) is 19.5 Å². The molecule has 2 aliphatic heterocycles. The lowest BCUT2D eigenvalue weighted by Gasteiger charge is -2.35. The first-order valence-electron chi connectivity index (χ1n) is 15.5. The van der Waals surface area contributed by atoms with Crippen LogP contribution in [0.3, 0.4) is 0 Å². The van der Waals surface area contributed by atoms with Crippen LogP contribution in [0.4, 0.5) is 20.2 Å². The normalized spacial score (nSPS) is 21.9. The number of likely N-dealkylation sites (tertiary alicyclic amines) is 1. The number of para-hydroxylation sites is 1. The third-order valence-corrected chi connectivity index (χ3v) is 8.88. The first-order valence-corrected chi connectivity index (χ1v) is 15.5. The van der Waals surface area contributed by atoms with E-state index in [1.165, 1.54) is 25.0 Å². The van der Waals surface area contributed by atoms with Crippen LogP contribution in [0.15, 0.2) is 35.4 Å². The summed E-state index contributed by atoms with van der Waals surface area (Å²) in [5.74, 6) is -0.450. The summed E-state index contributed by atoms with van der Waals surface area (Å²) in [5, 5.41) is 13.4. The Bertz CT molecular complexity index is 1280. The number of rotatable bonds is 14. The highest BCUT2D eigenvalue weighted by molar-refractivity contribution is 5.89. The van der Waals surface area contributed by atoms with Gasteiger partial charge in [0.1, 0.15) is 11.6 Å². The van der Waals surface area contributed by atoms with Crippen LogP contribution in [0.1, 0.15) is 45.1 Å². The lowest BCUT2D eigenvalue weighted by atomic mass is 9.98. The maximum Gasteiger partial charge on any atom is 0.257 e. The van der Waals surface area contributed by atoms with Gasteiger partial charge in [-0.2, -0.15) is 5.10 Å². The third kappa shape index (κ3) is 7.27. The maximum absolute atomic E-state index is 15.2. The van der Waals surface area contributed by atoms with Crippen molar-refractivity contribution in [3.05, 3.63) is 47.5 Å². The number of hydroxylamine groups is 1. The summed E-state index contributed by atoms with van der Waals surface area (Å²) in [4.78, 5) is 21.4. The number of likely N-dealkylation sites (N-methyl/N-ethyl adjacent to an activating group) is 1. The molecule has 11 heteroatoms. The molecule has 9 nitrogen and oxygen atoms in total. The first kappa shape index (κ1) is 31.2. The molecule has 2 fully saturated rings. The topological polar surface area (TPSA) is 84.5 Å². The number of hydrogen-bond donors (Lipinski definition) is 3. The van der Waals surface area contributed by atoms with E-state index in [1.54, 1.807) is 0 Å². The molecule has 1 saturated heterocycles. The lowest BCUT2D eigenvalue weighted by Crippen LogP contribution is -2.47. The number of carbonyl (C=O) groups is 1. The molecule has 3 atom stereocenters. The first-order chi connectivity index (χ1) is 20.8. The van der Waals surface area contributed by atoms with Crippen molar-refractivity contribution >= 4 is 23.5 Å². The zero-order valence-electron chi connectivity index (χ0n) is 25.7. The van der Waals surface area contributed by atoms with Gasteiger partial charge in [0.15, 0.2) is 0 Å². The molecule has 2 unspecified atom stereocenters. The Hall–Kier alpha value is -3.28. The van der Waals surface area contributed by atoms with Crippen LogP contribution in [-0.2, 0) is 16.2 Å². The smallest absolute Gasteiger partial charge is 0.257 e. The van der Waals surface area contributed by atoms with Crippen molar-refractivity contribution in [2.45, 2.75) is 64.2 Å². The largest absolute Gasteiger partial charge is 0.386 e. The van der Waals surface area contributed by atoms with Crippen molar-refractivity contribution < 1.29 is 18.4 Å². The Labute approximate surface area is 253 Å². The predicted molar refractivity (Wildman–Crippen MR) is 167 cm³/mol. The van der Waals surface area contributed by atoms with Crippen LogP contribution < -0.4 is 21.0 Å². The minimum Gasteiger partial charge on any atom is -0.386 e. The molecule has 234 valence electrons.